The molecule has 0 bridgehead atoms. The number of hydrogen-bond donors (Lipinski definition) is 0. The Balaban J connectivity index is 3.66. The molecule has 0 saturated heterocycles. The summed E-state index contributed by atoms with van der Waals surface area (Å²) in [6, 6.07) is 2.01. The van der Waals surface area contributed by atoms with E-state index in [4.69, 9.17) is 0 Å². The second-order valence-electron chi connectivity index (χ2n) is 3.97. The van der Waals surface area contributed by atoms with Gasteiger partial charge in [-0.2, -0.15) is 0 Å². The first-order valence-electron chi connectivity index (χ1n) is 5.45. The highest BCUT2D eigenvalue weighted by Crippen LogP contribution is 2.29. The molecule has 0 radical (unpaired) electrons. The molecule has 7 heteroatoms. The second-order valence-corrected chi connectivity index (χ2v) is 5.95. The second kappa shape index (κ2) is 5.64. The molecule has 0 atom stereocenters. The van der Waals surface area contributed by atoms with Crippen molar-refractivity contribution in [3.8, 4) is 0 Å². The van der Waals surface area contributed by atoms with Crippen molar-refractivity contribution in [3.05, 3.63) is 28.8 Å². The molecule has 0 fully saturated rings. The minimum Gasteiger partial charge on any atom is -0.465 e. The molecule has 0 saturated carbocycles. The van der Waals surface area contributed by atoms with E-state index in [1.54, 1.807) is 6.92 Å². The summed E-state index contributed by atoms with van der Waals surface area (Å²) in [7, 11) is -2.56. The van der Waals surface area contributed by atoms with Gasteiger partial charge < -0.3 is 4.74 Å². The molecule has 1 aromatic carbocycles. The number of esters is 1. The third kappa shape index (κ3) is 3.28. The fourth-order valence-electron chi connectivity index (χ4n) is 1.73. The number of hydrogen-bond acceptors (Lipinski definition) is 4. The predicted octanol–water partition coefficient (Wildman–Crippen LogP) is 2.38. The standard InChI is InChI=1S/C12H14F2O4S/c1-4-7-5-8(11(13)14)9(12(15)18-2)6-10(7)19(3,16)17/h5-6,11H,4H2,1-3H3. The molecule has 0 amide bonds. The lowest BCUT2D eigenvalue weighted by Gasteiger charge is -2.13. The Bertz CT molecular complexity index is 594. The Kier molecular flexibility index (Phi) is 4.62. The molecule has 0 N–H and O–H groups in total. The molecule has 0 aromatic heterocycles. The normalized spacial score (nSPS) is 11.7. The van der Waals surface area contributed by atoms with Gasteiger partial charge >= 0.3 is 5.97 Å². The van der Waals surface area contributed by atoms with Crippen LogP contribution in [0.1, 0.15) is 34.8 Å². The molecular formula is C12H14F2O4S. The summed E-state index contributed by atoms with van der Waals surface area (Å²) in [6.07, 6.45) is -1.65. The molecule has 4 nitrogen and oxygen atoms in total. The number of ether oxygens (including phenoxy) is 1. The number of benzene rings is 1. The van der Waals surface area contributed by atoms with Crippen molar-refractivity contribution >= 4 is 15.8 Å². The van der Waals surface area contributed by atoms with E-state index in [-0.39, 0.29) is 16.9 Å². The zero-order chi connectivity index (χ0) is 14.8. The van der Waals surface area contributed by atoms with Gasteiger partial charge in [0.2, 0.25) is 0 Å². The van der Waals surface area contributed by atoms with Gasteiger partial charge in [-0.05, 0) is 24.1 Å². The van der Waals surface area contributed by atoms with E-state index < -0.39 is 33.4 Å². The minimum atomic E-state index is -3.60. The Morgan fingerprint density at radius 3 is 2.32 bits per heavy atom. The molecular weight excluding hydrogens is 278 g/mol. The maximum absolute atomic E-state index is 12.9. The monoisotopic (exact) mass is 292 g/mol. The molecule has 0 unspecified atom stereocenters. The number of rotatable bonds is 4. The Morgan fingerprint density at radius 1 is 1.37 bits per heavy atom. The Morgan fingerprint density at radius 2 is 1.95 bits per heavy atom. The van der Waals surface area contributed by atoms with Crippen LogP contribution in [0.25, 0.3) is 0 Å². The summed E-state index contributed by atoms with van der Waals surface area (Å²) >= 11 is 0. The van der Waals surface area contributed by atoms with Gasteiger partial charge in [-0.25, -0.2) is 22.0 Å². The van der Waals surface area contributed by atoms with Crippen LogP contribution in [0.15, 0.2) is 17.0 Å². The number of halogens is 2. The van der Waals surface area contributed by atoms with Crippen LogP contribution in [0.3, 0.4) is 0 Å². The van der Waals surface area contributed by atoms with Crippen LogP contribution in [0.5, 0.6) is 0 Å². The maximum atomic E-state index is 12.9. The minimum absolute atomic E-state index is 0.125. The van der Waals surface area contributed by atoms with Crippen molar-refractivity contribution < 1.29 is 26.7 Å². The quantitative estimate of drug-likeness (QED) is 0.799. The molecule has 1 aromatic rings. The van der Waals surface area contributed by atoms with Gasteiger partial charge in [0.15, 0.2) is 9.84 Å². The SMILES string of the molecule is CCc1cc(C(F)F)c(C(=O)OC)cc1S(C)(=O)=O. The lowest BCUT2D eigenvalue weighted by molar-refractivity contribution is 0.0589. The number of methoxy groups -OCH3 is 1. The molecule has 106 valence electrons. The van der Waals surface area contributed by atoms with Gasteiger partial charge in [0.25, 0.3) is 6.43 Å². The van der Waals surface area contributed by atoms with Crippen molar-refractivity contribution in [2.45, 2.75) is 24.7 Å². The highest BCUT2D eigenvalue weighted by atomic mass is 32.2. The van der Waals surface area contributed by atoms with E-state index in [1.807, 2.05) is 0 Å². The zero-order valence-electron chi connectivity index (χ0n) is 10.7. The molecule has 0 heterocycles. The van der Waals surface area contributed by atoms with Crippen LogP contribution in [0, 0.1) is 0 Å². The number of aryl methyl sites for hydroxylation is 1. The lowest BCUT2D eigenvalue weighted by atomic mass is 10.0. The topological polar surface area (TPSA) is 60.4 Å². The summed E-state index contributed by atoms with van der Waals surface area (Å²) in [5.41, 5.74) is -0.684. The average molecular weight is 292 g/mol. The summed E-state index contributed by atoms with van der Waals surface area (Å²) in [4.78, 5) is 11.3. The van der Waals surface area contributed by atoms with E-state index in [0.29, 0.717) is 0 Å². The summed E-state index contributed by atoms with van der Waals surface area (Å²) in [5.74, 6) is -0.983. The van der Waals surface area contributed by atoms with Crippen molar-refractivity contribution in [1.82, 2.24) is 0 Å². The van der Waals surface area contributed by atoms with Crippen LogP contribution < -0.4 is 0 Å². The number of alkyl halides is 2. The molecule has 0 aliphatic rings. The van der Waals surface area contributed by atoms with Crippen molar-refractivity contribution in [2.24, 2.45) is 0 Å². The van der Waals surface area contributed by atoms with Gasteiger partial charge in [0.05, 0.1) is 17.6 Å². The largest absolute Gasteiger partial charge is 0.465 e. The average Bonchev–Trinajstić information content (AvgIpc) is 2.34. The first-order chi connectivity index (χ1) is 8.72. The fraction of sp³-hybridized carbons (Fsp3) is 0.417. The maximum Gasteiger partial charge on any atom is 0.338 e. The number of carbonyl (C=O) groups excluding carboxylic acids is 1. The van der Waals surface area contributed by atoms with Crippen LogP contribution >= 0.6 is 0 Å². The fourth-order valence-corrected chi connectivity index (χ4v) is 2.74. The molecule has 0 aliphatic carbocycles. The number of sulfone groups is 1. The molecule has 19 heavy (non-hydrogen) atoms. The van der Waals surface area contributed by atoms with Gasteiger partial charge in [-0.3, -0.25) is 0 Å². The van der Waals surface area contributed by atoms with E-state index in [0.717, 1.165) is 25.5 Å². The molecule has 1 rings (SSSR count). The van der Waals surface area contributed by atoms with Crippen LogP contribution in [-0.4, -0.2) is 27.8 Å². The van der Waals surface area contributed by atoms with Crippen LogP contribution in [0.2, 0.25) is 0 Å². The van der Waals surface area contributed by atoms with Crippen LogP contribution in [-0.2, 0) is 21.0 Å². The van der Waals surface area contributed by atoms with Gasteiger partial charge in [0, 0.05) is 11.8 Å². The van der Waals surface area contributed by atoms with E-state index >= 15 is 0 Å². The predicted molar refractivity (Wildman–Crippen MR) is 65.2 cm³/mol. The van der Waals surface area contributed by atoms with Gasteiger partial charge in [-0.1, -0.05) is 6.92 Å². The van der Waals surface area contributed by atoms with Gasteiger partial charge in [0.1, 0.15) is 0 Å². The first-order valence-corrected chi connectivity index (χ1v) is 7.34. The third-order valence-electron chi connectivity index (χ3n) is 2.65. The van der Waals surface area contributed by atoms with Gasteiger partial charge in [-0.15, -0.1) is 0 Å². The zero-order valence-corrected chi connectivity index (χ0v) is 11.6. The summed E-state index contributed by atoms with van der Waals surface area (Å²) in [5, 5.41) is 0. The van der Waals surface area contributed by atoms with Crippen molar-refractivity contribution in [3.63, 3.8) is 0 Å². The van der Waals surface area contributed by atoms with Crippen molar-refractivity contribution in [1.29, 1.82) is 0 Å². The highest BCUT2D eigenvalue weighted by Gasteiger charge is 2.24. The third-order valence-corrected chi connectivity index (χ3v) is 3.83. The Labute approximate surface area is 110 Å². The smallest absolute Gasteiger partial charge is 0.338 e. The van der Waals surface area contributed by atoms with Crippen molar-refractivity contribution in [2.75, 3.05) is 13.4 Å². The highest BCUT2D eigenvalue weighted by molar-refractivity contribution is 7.90. The summed E-state index contributed by atoms with van der Waals surface area (Å²) in [6.45, 7) is 1.65. The lowest BCUT2D eigenvalue weighted by Crippen LogP contribution is -2.11. The first kappa shape index (κ1) is 15.6. The van der Waals surface area contributed by atoms with E-state index in [1.165, 1.54) is 0 Å². The Hall–Kier alpha value is -1.50. The van der Waals surface area contributed by atoms with E-state index in [2.05, 4.69) is 4.74 Å². The summed E-state index contributed by atoms with van der Waals surface area (Å²) < 4.78 is 53.5. The number of carbonyl (C=O) groups is 1. The molecule has 0 spiro atoms. The van der Waals surface area contributed by atoms with Crippen LogP contribution in [0.4, 0.5) is 8.78 Å². The molecule has 0 aliphatic heterocycles. The van der Waals surface area contributed by atoms with E-state index in [9.17, 15) is 22.0 Å².